The number of aromatic nitrogens is 2. The molecule has 0 aliphatic carbocycles. The maximum Gasteiger partial charge on any atom is 0.392 e. The third-order valence-corrected chi connectivity index (χ3v) is 1.05. The molecule has 0 fully saturated rings. The molecule has 0 radical (unpaired) electrons. The maximum absolute atomic E-state index is 10.1. The van der Waals surface area contributed by atoms with Crippen molar-refractivity contribution in [3.63, 3.8) is 0 Å². The normalized spacial score (nSPS) is 9.67. The first-order valence-corrected chi connectivity index (χ1v) is 2.72. The topological polar surface area (TPSA) is 135 Å². The number of hydrogen-bond acceptors (Lipinski definition) is 7. The fraction of sp³-hybridized carbons (Fsp3) is 0. The highest BCUT2D eigenvalue weighted by Crippen LogP contribution is 2.31. The second-order valence-corrected chi connectivity index (χ2v) is 1.83. The van der Waals surface area contributed by atoms with Gasteiger partial charge in [0.2, 0.25) is 5.95 Å². The number of aromatic hydroxyl groups is 2. The molecule has 8 nitrogen and oxygen atoms in total. The van der Waals surface area contributed by atoms with Crippen LogP contribution in [-0.2, 0) is 0 Å². The molecule has 1 heterocycles. The van der Waals surface area contributed by atoms with Gasteiger partial charge >= 0.3 is 17.4 Å². The Hall–Kier alpha value is -2.12. The van der Waals surface area contributed by atoms with Crippen LogP contribution in [0.2, 0.25) is 0 Å². The van der Waals surface area contributed by atoms with Crippen LogP contribution in [0.15, 0.2) is 0 Å². The average molecular weight is 172 g/mol. The Kier molecular flexibility index (Phi) is 1.66. The van der Waals surface area contributed by atoms with E-state index in [1.807, 2.05) is 0 Å². The van der Waals surface area contributed by atoms with Gasteiger partial charge in [-0.05, 0) is 0 Å². The minimum atomic E-state index is -1.01. The Morgan fingerprint density at radius 2 is 1.75 bits per heavy atom. The van der Waals surface area contributed by atoms with Gasteiger partial charge in [0, 0.05) is 0 Å². The smallest absolute Gasteiger partial charge is 0.392 e. The minimum absolute atomic E-state index is 0.435. The summed E-state index contributed by atoms with van der Waals surface area (Å²) in [6, 6.07) is 0. The molecule has 64 valence electrons. The summed E-state index contributed by atoms with van der Waals surface area (Å²) in [5, 5.41) is 27.7. The average Bonchev–Trinajstić information content (AvgIpc) is 1.82. The first-order chi connectivity index (χ1) is 5.52. The van der Waals surface area contributed by atoms with Crippen molar-refractivity contribution in [1.82, 2.24) is 9.97 Å². The van der Waals surface area contributed by atoms with Crippen LogP contribution < -0.4 is 5.73 Å². The van der Waals surface area contributed by atoms with E-state index in [4.69, 9.17) is 15.9 Å². The third kappa shape index (κ3) is 1.17. The van der Waals surface area contributed by atoms with Gasteiger partial charge in [0.05, 0.1) is 4.92 Å². The lowest BCUT2D eigenvalue weighted by Crippen LogP contribution is -1.98. The zero-order valence-corrected chi connectivity index (χ0v) is 5.63. The molecular formula is C4H4N4O4. The van der Waals surface area contributed by atoms with Crippen molar-refractivity contribution in [2.45, 2.75) is 0 Å². The molecule has 1 aromatic heterocycles. The van der Waals surface area contributed by atoms with Crippen LogP contribution >= 0.6 is 0 Å². The number of anilines is 1. The molecule has 1 aromatic rings. The molecule has 0 amide bonds. The van der Waals surface area contributed by atoms with Gasteiger partial charge in [-0.1, -0.05) is 0 Å². The highest BCUT2D eigenvalue weighted by Gasteiger charge is 2.23. The zero-order chi connectivity index (χ0) is 9.30. The van der Waals surface area contributed by atoms with E-state index in [0.717, 1.165) is 0 Å². The van der Waals surface area contributed by atoms with E-state index in [-0.39, 0.29) is 0 Å². The van der Waals surface area contributed by atoms with Gasteiger partial charge in [0.25, 0.3) is 0 Å². The summed E-state index contributed by atoms with van der Waals surface area (Å²) >= 11 is 0. The predicted molar refractivity (Wildman–Crippen MR) is 36.4 cm³/mol. The minimum Gasteiger partial charge on any atom is -0.488 e. The van der Waals surface area contributed by atoms with E-state index in [0.29, 0.717) is 0 Å². The van der Waals surface area contributed by atoms with Crippen molar-refractivity contribution in [3.05, 3.63) is 10.1 Å². The van der Waals surface area contributed by atoms with Crippen LogP contribution in [-0.4, -0.2) is 25.1 Å². The quantitative estimate of drug-likeness (QED) is 0.379. The van der Waals surface area contributed by atoms with Gasteiger partial charge in [-0.25, -0.2) is 0 Å². The molecule has 0 unspecified atom stereocenters. The van der Waals surface area contributed by atoms with Crippen molar-refractivity contribution in [1.29, 1.82) is 0 Å². The molecule has 4 N–H and O–H groups in total. The Labute approximate surface area is 65.5 Å². The lowest BCUT2D eigenvalue weighted by molar-refractivity contribution is -0.387. The fourth-order valence-electron chi connectivity index (χ4n) is 0.611. The highest BCUT2D eigenvalue weighted by molar-refractivity contribution is 5.50. The van der Waals surface area contributed by atoms with E-state index in [9.17, 15) is 10.1 Å². The molecule has 0 saturated carbocycles. The summed E-state index contributed by atoms with van der Waals surface area (Å²) in [5.74, 6) is -2.34. The van der Waals surface area contributed by atoms with Crippen molar-refractivity contribution >= 4 is 11.6 Å². The molecule has 0 saturated heterocycles. The van der Waals surface area contributed by atoms with Crippen molar-refractivity contribution < 1.29 is 15.1 Å². The summed E-state index contributed by atoms with van der Waals surface area (Å²) in [4.78, 5) is 15.3. The van der Waals surface area contributed by atoms with Gasteiger partial charge in [-0.3, -0.25) is 10.1 Å². The Morgan fingerprint density at radius 1 is 1.33 bits per heavy atom. The summed E-state index contributed by atoms with van der Waals surface area (Å²) < 4.78 is 0. The molecular weight excluding hydrogens is 168 g/mol. The Bertz CT molecular complexity index is 315. The van der Waals surface area contributed by atoms with Gasteiger partial charge in [-0.15, -0.1) is 0 Å². The summed E-state index contributed by atoms with van der Waals surface area (Å²) in [7, 11) is 0. The first-order valence-electron chi connectivity index (χ1n) is 2.72. The number of nitrogens with two attached hydrogens (primary N) is 1. The molecule has 0 atom stereocenters. The first kappa shape index (κ1) is 7.98. The SMILES string of the molecule is Nc1nc(O)c([N+](=O)[O-])c(O)n1. The van der Waals surface area contributed by atoms with Crippen LogP contribution in [0.1, 0.15) is 0 Å². The molecule has 12 heavy (non-hydrogen) atoms. The van der Waals surface area contributed by atoms with E-state index < -0.39 is 28.3 Å². The molecule has 1 rings (SSSR count). The number of hydrogen-bond donors (Lipinski definition) is 3. The number of nitrogen functional groups attached to an aromatic ring is 1. The standard InChI is InChI=1S/C4H4N4O4/c5-4-6-2(9)1(8(11)12)3(10)7-4/h(H4,5,6,7,9,10). The summed E-state index contributed by atoms with van der Waals surface area (Å²) in [6.45, 7) is 0. The van der Waals surface area contributed by atoms with Crippen molar-refractivity contribution in [3.8, 4) is 11.8 Å². The number of nitro groups is 1. The lowest BCUT2D eigenvalue weighted by atomic mass is 10.5. The molecule has 0 bridgehead atoms. The summed E-state index contributed by atoms with van der Waals surface area (Å²) in [5.41, 5.74) is 4.01. The monoisotopic (exact) mass is 172 g/mol. The summed E-state index contributed by atoms with van der Waals surface area (Å²) in [6.07, 6.45) is 0. The van der Waals surface area contributed by atoms with Gasteiger partial charge in [-0.2, -0.15) is 9.97 Å². The molecule has 0 aliphatic rings. The van der Waals surface area contributed by atoms with Gasteiger partial charge < -0.3 is 15.9 Å². The van der Waals surface area contributed by atoms with Crippen LogP contribution in [0.3, 0.4) is 0 Å². The van der Waals surface area contributed by atoms with E-state index in [1.165, 1.54) is 0 Å². The van der Waals surface area contributed by atoms with Crippen molar-refractivity contribution in [2.24, 2.45) is 0 Å². The highest BCUT2D eigenvalue weighted by atomic mass is 16.6. The molecule has 0 aliphatic heterocycles. The number of rotatable bonds is 1. The van der Waals surface area contributed by atoms with Gasteiger partial charge in [0.1, 0.15) is 0 Å². The van der Waals surface area contributed by atoms with Crippen LogP contribution in [0.25, 0.3) is 0 Å². The zero-order valence-electron chi connectivity index (χ0n) is 5.63. The Balaban J connectivity index is 3.38. The van der Waals surface area contributed by atoms with Gasteiger partial charge in [0.15, 0.2) is 0 Å². The predicted octanol–water partition coefficient (Wildman–Crippen LogP) is -0.622. The van der Waals surface area contributed by atoms with E-state index in [2.05, 4.69) is 9.97 Å². The molecule has 0 spiro atoms. The second kappa shape index (κ2) is 2.49. The third-order valence-electron chi connectivity index (χ3n) is 1.05. The largest absolute Gasteiger partial charge is 0.488 e. The lowest BCUT2D eigenvalue weighted by Gasteiger charge is -1.97. The van der Waals surface area contributed by atoms with E-state index >= 15 is 0 Å². The second-order valence-electron chi connectivity index (χ2n) is 1.83. The molecule has 8 heteroatoms. The maximum atomic E-state index is 10.1. The van der Waals surface area contributed by atoms with Crippen LogP contribution in [0.4, 0.5) is 11.6 Å². The molecule has 0 aromatic carbocycles. The van der Waals surface area contributed by atoms with Crippen LogP contribution in [0, 0.1) is 10.1 Å². The Morgan fingerprint density at radius 3 is 2.08 bits per heavy atom. The number of nitrogens with zero attached hydrogens (tertiary/aromatic N) is 3. The van der Waals surface area contributed by atoms with E-state index in [1.54, 1.807) is 0 Å². The fourth-order valence-corrected chi connectivity index (χ4v) is 0.611. The van der Waals surface area contributed by atoms with Crippen molar-refractivity contribution in [2.75, 3.05) is 5.73 Å². The van der Waals surface area contributed by atoms with Crippen LogP contribution in [0.5, 0.6) is 11.8 Å².